The summed E-state index contributed by atoms with van der Waals surface area (Å²) in [5, 5.41) is 13.1. The van der Waals surface area contributed by atoms with E-state index in [1.165, 1.54) is 96.3 Å². The summed E-state index contributed by atoms with van der Waals surface area (Å²) in [6, 6.07) is -0.234. The molecule has 0 amide bonds. The molecule has 0 radical (unpaired) electrons. The van der Waals surface area contributed by atoms with Gasteiger partial charge in [-0.2, -0.15) is 0 Å². The fraction of sp³-hybridized carbons (Fsp3) is 0.923. The SMILES string of the molecule is CCCCCCCCCCCC(CCCCCCCC)N[C@@H](CCCN=C(N)N)C(=O)O. The van der Waals surface area contributed by atoms with E-state index in [0.29, 0.717) is 19.4 Å². The van der Waals surface area contributed by atoms with Crippen LogP contribution in [0.5, 0.6) is 0 Å². The molecule has 0 aliphatic heterocycles. The van der Waals surface area contributed by atoms with Gasteiger partial charge < -0.3 is 21.9 Å². The summed E-state index contributed by atoms with van der Waals surface area (Å²) >= 11 is 0. The van der Waals surface area contributed by atoms with Crippen LogP contribution in [0.1, 0.15) is 136 Å². The van der Waals surface area contributed by atoms with Gasteiger partial charge in [-0.1, -0.05) is 110 Å². The lowest BCUT2D eigenvalue weighted by Gasteiger charge is -2.23. The Hall–Kier alpha value is -1.30. The molecule has 0 aromatic rings. The Bertz CT molecular complexity index is 453. The molecule has 0 saturated heterocycles. The van der Waals surface area contributed by atoms with Gasteiger partial charge >= 0.3 is 5.97 Å². The van der Waals surface area contributed by atoms with Gasteiger partial charge in [-0.25, -0.2) is 0 Å². The largest absolute Gasteiger partial charge is 0.480 e. The Labute approximate surface area is 198 Å². The molecule has 0 saturated carbocycles. The fourth-order valence-electron chi connectivity index (χ4n) is 4.25. The third-order valence-electron chi connectivity index (χ3n) is 6.24. The number of unbranched alkanes of at least 4 members (excludes halogenated alkanes) is 13. The van der Waals surface area contributed by atoms with Gasteiger partial charge in [-0.3, -0.25) is 9.79 Å². The molecule has 1 unspecified atom stereocenters. The van der Waals surface area contributed by atoms with Crippen molar-refractivity contribution >= 4 is 11.9 Å². The number of aliphatic imine (C=N–C) groups is 1. The number of nitrogens with one attached hydrogen (secondary N) is 1. The van der Waals surface area contributed by atoms with E-state index in [9.17, 15) is 9.90 Å². The molecule has 0 spiro atoms. The summed E-state index contributed by atoms with van der Waals surface area (Å²) in [7, 11) is 0. The third kappa shape index (κ3) is 20.6. The molecule has 0 aromatic heterocycles. The molecule has 32 heavy (non-hydrogen) atoms. The van der Waals surface area contributed by atoms with Crippen molar-refractivity contribution in [2.45, 2.75) is 148 Å². The maximum absolute atomic E-state index is 11.8. The van der Waals surface area contributed by atoms with E-state index in [4.69, 9.17) is 11.5 Å². The first-order valence-electron chi connectivity index (χ1n) is 13.5. The number of carbonyl (C=O) groups is 1. The smallest absolute Gasteiger partial charge is 0.320 e. The molecule has 6 N–H and O–H groups in total. The number of guanidine groups is 1. The molecule has 190 valence electrons. The van der Waals surface area contributed by atoms with Crippen molar-refractivity contribution in [2.75, 3.05) is 6.54 Å². The van der Waals surface area contributed by atoms with Gasteiger partial charge in [-0.15, -0.1) is 0 Å². The lowest BCUT2D eigenvalue weighted by Crippen LogP contribution is -2.43. The van der Waals surface area contributed by atoms with Gasteiger partial charge in [0.1, 0.15) is 6.04 Å². The molecule has 6 nitrogen and oxygen atoms in total. The van der Waals surface area contributed by atoms with E-state index in [1.807, 2.05) is 0 Å². The van der Waals surface area contributed by atoms with Crippen LogP contribution in [0.15, 0.2) is 4.99 Å². The molecule has 0 fully saturated rings. The van der Waals surface area contributed by atoms with Crippen LogP contribution in [0.2, 0.25) is 0 Å². The minimum absolute atomic E-state index is 0.0659. The third-order valence-corrected chi connectivity index (χ3v) is 6.24. The second kappa shape index (κ2) is 22.9. The Kier molecular flexibility index (Phi) is 21.9. The van der Waals surface area contributed by atoms with Crippen molar-refractivity contribution in [1.82, 2.24) is 5.32 Å². The van der Waals surface area contributed by atoms with Gasteiger partial charge in [0.25, 0.3) is 0 Å². The summed E-state index contributed by atoms with van der Waals surface area (Å²) in [5.41, 5.74) is 10.7. The van der Waals surface area contributed by atoms with E-state index >= 15 is 0 Å². The van der Waals surface area contributed by atoms with Gasteiger partial charge in [0.15, 0.2) is 5.96 Å². The Morgan fingerprint density at radius 1 is 0.719 bits per heavy atom. The van der Waals surface area contributed by atoms with E-state index in [1.54, 1.807) is 0 Å². The van der Waals surface area contributed by atoms with Crippen molar-refractivity contribution < 1.29 is 9.90 Å². The van der Waals surface area contributed by atoms with Crippen LogP contribution in [0.4, 0.5) is 0 Å². The summed E-state index contributed by atoms with van der Waals surface area (Å²) in [6.07, 6.45) is 22.8. The highest BCUT2D eigenvalue weighted by Gasteiger charge is 2.21. The molecule has 0 bridgehead atoms. The average molecular weight is 455 g/mol. The minimum atomic E-state index is -0.769. The maximum Gasteiger partial charge on any atom is 0.320 e. The zero-order valence-corrected chi connectivity index (χ0v) is 21.3. The summed E-state index contributed by atoms with van der Waals surface area (Å²) in [5.74, 6) is -0.703. The minimum Gasteiger partial charge on any atom is -0.480 e. The topological polar surface area (TPSA) is 114 Å². The van der Waals surface area contributed by atoms with E-state index < -0.39 is 12.0 Å². The predicted molar refractivity (Wildman–Crippen MR) is 138 cm³/mol. The molecule has 6 heteroatoms. The number of aliphatic carboxylic acids is 1. The molecule has 0 aliphatic carbocycles. The van der Waals surface area contributed by atoms with Crippen LogP contribution < -0.4 is 16.8 Å². The normalized spacial score (nSPS) is 13.1. The Balaban J connectivity index is 4.36. The zero-order valence-electron chi connectivity index (χ0n) is 21.3. The predicted octanol–water partition coefficient (Wildman–Crippen LogP) is 6.12. The number of nitrogens with two attached hydrogens (primary N) is 2. The lowest BCUT2D eigenvalue weighted by molar-refractivity contribution is -0.140. The van der Waals surface area contributed by atoms with Crippen molar-refractivity contribution in [1.29, 1.82) is 0 Å². The molecule has 0 aromatic carbocycles. The first-order chi connectivity index (χ1) is 15.5. The summed E-state index contributed by atoms with van der Waals surface area (Å²) in [4.78, 5) is 15.8. The standard InChI is InChI=1S/C26H54N4O2/c1-3-5-7-9-11-12-13-15-17-20-23(19-16-14-10-8-6-4-2)30-24(25(31)32)21-18-22-29-26(27)28/h23-24,30H,3-22H2,1-2H3,(H,31,32)(H4,27,28,29)/t23?,24-/m0/s1. The number of hydrogen-bond acceptors (Lipinski definition) is 3. The van der Waals surface area contributed by atoms with Crippen molar-refractivity contribution in [3.8, 4) is 0 Å². The molecule has 0 aliphatic rings. The maximum atomic E-state index is 11.8. The zero-order chi connectivity index (χ0) is 23.9. The fourth-order valence-corrected chi connectivity index (χ4v) is 4.25. The number of carboxylic acids is 1. The highest BCUT2D eigenvalue weighted by Crippen LogP contribution is 2.16. The molecule has 2 atom stereocenters. The molecule has 0 heterocycles. The van der Waals surface area contributed by atoms with Gasteiger partial charge in [0.2, 0.25) is 0 Å². The summed E-state index contributed by atoms with van der Waals surface area (Å²) < 4.78 is 0. The van der Waals surface area contributed by atoms with Crippen LogP contribution in [-0.4, -0.2) is 35.7 Å². The van der Waals surface area contributed by atoms with E-state index in [2.05, 4.69) is 24.2 Å². The number of nitrogens with zero attached hydrogens (tertiary/aromatic N) is 1. The molecular weight excluding hydrogens is 400 g/mol. The summed E-state index contributed by atoms with van der Waals surface area (Å²) in [6.45, 7) is 4.98. The second-order valence-corrected chi connectivity index (χ2v) is 9.38. The van der Waals surface area contributed by atoms with Crippen LogP contribution >= 0.6 is 0 Å². The van der Waals surface area contributed by atoms with Crippen LogP contribution in [0.3, 0.4) is 0 Å². The van der Waals surface area contributed by atoms with Crippen molar-refractivity contribution in [3.05, 3.63) is 0 Å². The van der Waals surface area contributed by atoms with Crippen molar-refractivity contribution in [2.24, 2.45) is 16.5 Å². The molecule has 0 rings (SSSR count). The Morgan fingerprint density at radius 2 is 1.16 bits per heavy atom. The van der Waals surface area contributed by atoms with Gasteiger partial charge in [0, 0.05) is 12.6 Å². The quantitative estimate of drug-likeness (QED) is 0.0796. The highest BCUT2D eigenvalue weighted by molar-refractivity contribution is 5.75. The first-order valence-corrected chi connectivity index (χ1v) is 13.5. The highest BCUT2D eigenvalue weighted by atomic mass is 16.4. The van der Waals surface area contributed by atoms with E-state index in [0.717, 1.165) is 12.8 Å². The van der Waals surface area contributed by atoms with Crippen LogP contribution in [-0.2, 0) is 4.79 Å². The van der Waals surface area contributed by atoms with E-state index in [-0.39, 0.29) is 12.0 Å². The first kappa shape index (κ1) is 30.7. The van der Waals surface area contributed by atoms with Crippen molar-refractivity contribution in [3.63, 3.8) is 0 Å². The van der Waals surface area contributed by atoms with Gasteiger partial charge in [-0.05, 0) is 25.7 Å². The van der Waals surface area contributed by atoms with Gasteiger partial charge in [0.05, 0.1) is 0 Å². The number of hydrogen-bond donors (Lipinski definition) is 4. The lowest BCUT2D eigenvalue weighted by atomic mass is 9.98. The number of rotatable bonds is 24. The monoisotopic (exact) mass is 454 g/mol. The van der Waals surface area contributed by atoms with Crippen LogP contribution in [0.25, 0.3) is 0 Å². The number of carboxylic acid groups (broad SMARTS) is 1. The van der Waals surface area contributed by atoms with Crippen LogP contribution in [0, 0.1) is 0 Å². The average Bonchev–Trinajstić information content (AvgIpc) is 2.76. The Morgan fingerprint density at radius 3 is 1.56 bits per heavy atom. The molecular formula is C26H54N4O2. The second-order valence-electron chi connectivity index (χ2n) is 9.38.